The summed E-state index contributed by atoms with van der Waals surface area (Å²) >= 11 is 0. The summed E-state index contributed by atoms with van der Waals surface area (Å²) in [6.45, 7) is 1.93. The Hall–Kier alpha value is -2.41. The molecule has 1 aliphatic carbocycles. The van der Waals surface area contributed by atoms with Crippen molar-refractivity contribution in [1.29, 1.82) is 0 Å². The highest BCUT2D eigenvalue weighted by Gasteiger charge is 2.54. The third kappa shape index (κ3) is 4.30. The lowest BCUT2D eigenvalue weighted by molar-refractivity contribution is -0.149. The van der Waals surface area contributed by atoms with Crippen molar-refractivity contribution >= 4 is 17.8 Å². The summed E-state index contributed by atoms with van der Waals surface area (Å²) in [6, 6.07) is 9.59. The highest BCUT2D eigenvalue weighted by molar-refractivity contribution is 5.80. The Labute approximate surface area is 159 Å². The number of likely N-dealkylation sites (tertiary alicyclic amines) is 1. The zero-order chi connectivity index (χ0) is 19.4. The zero-order valence-corrected chi connectivity index (χ0v) is 15.5. The van der Waals surface area contributed by atoms with E-state index < -0.39 is 17.3 Å². The van der Waals surface area contributed by atoms with Crippen molar-refractivity contribution in [1.82, 2.24) is 9.80 Å². The summed E-state index contributed by atoms with van der Waals surface area (Å²) < 4.78 is 0. The van der Waals surface area contributed by atoms with Gasteiger partial charge < -0.3 is 15.7 Å². The molecular weight excluding hydrogens is 346 g/mol. The minimum atomic E-state index is -0.741. The van der Waals surface area contributed by atoms with Gasteiger partial charge in [0.2, 0.25) is 11.8 Å². The molecule has 7 heteroatoms. The number of hydrogen-bond acceptors (Lipinski definition) is 4. The zero-order valence-electron chi connectivity index (χ0n) is 15.5. The summed E-state index contributed by atoms with van der Waals surface area (Å²) in [6.07, 6.45) is 2.65. The minimum absolute atomic E-state index is 0.0967. The van der Waals surface area contributed by atoms with Gasteiger partial charge >= 0.3 is 5.97 Å². The predicted octanol–water partition coefficient (Wildman–Crippen LogP) is 1.08. The van der Waals surface area contributed by atoms with Gasteiger partial charge in [0.05, 0.1) is 12.0 Å². The molecular formula is C20H27N3O4. The lowest BCUT2D eigenvalue weighted by Gasteiger charge is -2.26. The number of nitrogens with zero attached hydrogens (tertiary/aromatic N) is 2. The molecule has 0 unspecified atom stereocenters. The number of carbonyl (C=O) groups excluding carboxylic acids is 2. The average Bonchev–Trinajstić information content (AvgIpc) is 3.17. The molecule has 1 heterocycles. The van der Waals surface area contributed by atoms with Crippen LogP contribution in [-0.4, -0.2) is 58.9 Å². The number of aliphatic carboxylic acids is 1. The van der Waals surface area contributed by atoms with Gasteiger partial charge in [-0.1, -0.05) is 36.8 Å². The largest absolute Gasteiger partial charge is 0.481 e. The van der Waals surface area contributed by atoms with Gasteiger partial charge in [-0.2, -0.15) is 0 Å². The van der Waals surface area contributed by atoms with E-state index in [1.165, 1.54) is 0 Å². The lowest BCUT2D eigenvalue weighted by atomic mass is 9.81. The summed E-state index contributed by atoms with van der Waals surface area (Å²) in [7, 11) is 0. The maximum absolute atomic E-state index is 12.9. The fraction of sp³-hybridized carbons (Fsp3) is 0.550. The maximum Gasteiger partial charge on any atom is 0.311 e. The molecule has 1 aromatic rings. The van der Waals surface area contributed by atoms with Crippen LogP contribution in [0.4, 0.5) is 0 Å². The van der Waals surface area contributed by atoms with Gasteiger partial charge in [0.1, 0.15) is 0 Å². The molecule has 1 saturated heterocycles. The van der Waals surface area contributed by atoms with E-state index in [2.05, 4.69) is 0 Å². The second kappa shape index (κ2) is 8.08. The normalized spacial score (nSPS) is 24.5. The van der Waals surface area contributed by atoms with Crippen molar-refractivity contribution in [3.8, 4) is 0 Å². The van der Waals surface area contributed by atoms with Crippen molar-refractivity contribution in [2.75, 3.05) is 26.2 Å². The molecule has 7 nitrogen and oxygen atoms in total. The smallest absolute Gasteiger partial charge is 0.311 e. The molecule has 146 valence electrons. The Morgan fingerprint density at radius 2 is 2.00 bits per heavy atom. The van der Waals surface area contributed by atoms with Gasteiger partial charge in [-0.3, -0.25) is 19.3 Å². The number of rotatable bonds is 8. The number of carboxylic acid groups (broad SMARTS) is 1. The number of hydrogen-bond donors (Lipinski definition) is 2. The van der Waals surface area contributed by atoms with Crippen molar-refractivity contribution in [3.63, 3.8) is 0 Å². The Kier molecular flexibility index (Phi) is 5.79. The molecule has 2 fully saturated rings. The van der Waals surface area contributed by atoms with Crippen LogP contribution in [0.2, 0.25) is 0 Å². The molecule has 3 N–H and O–H groups in total. The van der Waals surface area contributed by atoms with Crippen LogP contribution in [0.1, 0.15) is 31.2 Å². The second-order valence-corrected chi connectivity index (χ2v) is 7.74. The Morgan fingerprint density at radius 1 is 1.26 bits per heavy atom. The maximum atomic E-state index is 12.9. The number of carbonyl (C=O) groups is 3. The SMILES string of the molecule is NC(=O)CCN(Cc1ccccc1)C(=O)CN1C[C@@H]2CCC[C@@]2(C(=O)O)C1. The van der Waals surface area contributed by atoms with E-state index >= 15 is 0 Å². The van der Waals surface area contributed by atoms with Crippen LogP contribution in [0.3, 0.4) is 0 Å². The van der Waals surface area contributed by atoms with Gasteiger partial charge in [0, 0.05) is 32.6 Å². The molecule has 0 bridgehead atoms. The summed E-state index contributed by atoms with van der Waals surface area (Å²) in [4.78, 5) is 39.5. The number of nitrogens with two attached hydrogens (primary N) is 1. The lowest BCUT2D eigenvalue weighted by Crippen LogP contribution is -2.42. The Morgan fingerprint density at radius 3 is 2.63 bits per heavy atom. The summed E-state index contributed by atoms with van der Waals surface area (Å²) in [5, 5.41) is 9.70. The van der Waals surface area contributed by atoms with Crippen LogP contribution >= 0.6 is 0 Å². The van der Waals surface area contributed by atoms with Crippen LogP contribution in [-0.2, 0) is 20.9 Å². The van der Waals surface area contributed by atoms with Gasteiger partial charge in [-0.05, 0) is 24.3 Å². The van der Waals surface area contributed by atoms with Crippen LogP contribution in [0.15, 0.2) is 30.3 Å². The number of amides is 2. The quantitative estimate of drug-likeness (QED) is 0.710. The molecule has 0 aromatic heterocycles. The van der Waals surface area contributed by atoms with E-state index in [-0.39, 0.29) is 31.3 Å². The van der Waals surface area contributed by atoms with Crippen molar-refractivity contribution < 1.29 is 19.5 Å². The topological polar surface area (TPSA) is 104 Å². The first-order valence-electron chi connectivity index (χ1n) is 9.46. The Bertz CT molecular complexity index is 708. The van der Waals surface area contributed by atoms with E-state index in [1.807, 2.05) is 35.2 Å². The molecule has 0 radical (unpaired) electrons. The van der Waals surface area contributed by atoms with Gasteiger partial charge in [-0.15, -0.1) is 0 Å². The molecule has 2 aliphatic rings. The number of primary amides is 1. The van der Waals surface area contributed by atoms with Crippen molar-refractivity contribution in [3.05, 3.63) is 35.9 Å². The van der Waals surface area contributed by atoms with E-state index in [9.17, 15) is 19.5 Å². The molecule has 3 rings (SSSR count). The monoisotopic (exact) mass is 373 g/mol. The molecule has 1 aromatic carbocycles. The highest BCUT2D eigenvalue weighted by Crippen LogP contribution is 2.48. The first-order valence-corrected chi connectivity index (χ1v) is 9.46. The third-order valence-electron chi connectivity index (χ3n) is 5.92. The molecule has 27 heavy (non-hydrogen) atoms. The fourth-order valence-corrected chi connectivity index (χ4v) is 4.50. The summed E-state index contributed by atoms with van der Waals surface area (Å²) in [5.74, 6) is -1.16. The van der Waals surface area contributed by atoms with Gasteiger partial charge in [-0.25, -0.2) is 0 Å². The standard InChI is InChI=1S/C20H27N3O4/c21-17(24)8-10-23(11-15-5-2-1-3-6-15)18(25)13-22-12-16-7-4-9-20(16,14-22)19(26)27/h1-3,5-6,16H,4,7-14H2,(H2,21,24)(H,26,27)/t16-,20+/m0/s1. The molecule has 2 amide bonds. The van der Waals surface area contributed by atoms with E-state index in [1.54, 1.807) is 4.90 Å². The summed E-state index contributed by atoms with van der Waals surface area (Å²) in [5.41, 5.74) is 5.54. The number of fused-ring (bicyclic) bond motifs is 1. The Balaban J connectivity index is 1.65. The molecule has 1 saturated carbocycles. The fourth-order valence-electron chi connectivity index (χ4n) is 4.50. The predicted molar refractivity (Wildman–Crippen MR) is 99.5 cm³/mol. The van der Waals surface area contributed by atoms with Crippen LogP contribution < -0.4 is 5.73 Å². The van der Waals surface area contributed by atoms with Crippen molar-refractivity contribution in [2.24, 2.45) is 17.1 Å². The number of carboxylic acids is 1. The number of benzene rings is 1. The van der Waals surface area contributed by atoms with Crippen LogP contribution in [0, 0.1) is 11.3 Å². The molecule has 1 aliphatic heterocycles. The van der Waals surface area contributed by atoms with E-state index in [0.717, 1.165) is 18.4 Å². The van der Waals surface area contributed by atoms with Crippen LogP contribution in [0.5, 0.6) is 0 Å². The van der Waals surface area contributed by atoms with Gasteiger partial charge in [0.25, 0.3) is 0 Å². The second-order valence-electron chi connectivity index (χ2n) is 7.74. The highest BCUT2D eigenvalue weighted by atomic mass is 16.4. The first kappa shape index (κ1) is 19.4. The average molecular weight is 373 g/mol. The van der Waals surface area contributed by atoms with E-state index in [0.29, 0.717) is 26.1 Å². The van der Waals surface area contributed by atoms with E-state index in [4.69, 9.17) is 5.73 Å². The van der Waals surface area contributed by atoms with Crippen molar-refractivity contribution in [2.45, 2.75) is 32.2 Å². The van der Waals surface area contributed by atoms with Crippen LogP contribution in [0.25, 0.3) is 0 Å². The first-order chi connectivity index (χ1) is 12.9. The third-order valence-corrected chi connectivity index (χ3v) is 5.92. The minimum Gasteiger partial charge on any atom is -0.481 e. The van der Waals surface area contributed by atoms with Gasteiger partial charge in [0.15, 0.2) is 0 Å². The molecule has 0 spiro atoms. The molecule has 2 atom stereocenters.